The van der Waals surface area contributed by atoms with E-state index in [1.807, 2.05) is 25.5 Å². The predicted octanol–water partition coefficient (Wildman–Crippen LogP) is 1.19. The van der Waals surface area contributed by atoms with E-state index >= 15 is 0 Å². The molecule has 7 heteroatoms. The Morgan fingerprint density at radius 2 is 2.38 bits per heavy atom. The Hall–Kier alpha value is -1.70. The number of carbonyl (C=O) groups is 1. The summed E-state index contributed by atoms with van der Waals surface area (Å²) in [6.07, 6.45) is 1.16. The number of aliphatic hydroxyl groups is 1. The molecule has 0 spiro atoms. The van der Waals surface area contributed by atoms with Gasteiger partial charge in [0.2, 0.25) is 0 Å². The summed E-state index contributed by atoms with van der Waals surface area (Å²) in [7, 11) is 3.31. The van der Waals surface area contributed by atoms with Crippen molar-refractivity contribution in [2.45, 2.75) is 13.0 Å². The summed E-state index contributed by atoms with van der Waals surface area (Å²) in [6, 6.07) is 1.80. The van der Waals surface area contributed by atoms with Crippen LogP contribution < -0.4 is 5.32 Å². The highest BCUT2D eigenvalue weighted by Crippen LogP contribution is 2.23. The predicted molar refractivity (Wildman–Crippen MR) is 81.5 cm³/mol. The summed E-state index contributed by atoms with van der Waals surface area (Å²) < 4.78 is 6.57. The topological polar surface area (TPSA) is 76.4 Å². The van der Waals surface area contributed by atoms with Gasteiger partial charge in [-0.25, -0.2) is 4.98 Å². The van der Waals surface area contributed by atoms with Gasteiger partial charge in [-0.05, 0) is 13.0 Å². The third kappa shape index (κ3) is 3.90. The number of hydrogen-bond acceptors (Lipinski definition) is 5. The molecule has 114 valence electrons. The van der Waals surface area contributed by atoms with E-state index < -0.39 is 6.10 Å². The van der Waals surface area contributed by atoms with Crippen LogP contribution in [-0.2, 0) is 11.8 Å². The lowest BCUT2D eigenvalue weighted by molar-refractivity contribution is 0.0608. The number of ether oxygens (including phenoxy) is 1. The minimum atomic E-state index is -0.708. The lowest BCUT2D eigenvalue weighted by Crippen LogP contribution is -2.35. The number of carbonyl (C=O) groups excluding carboxylic acids is 1. The van der Waals surface area contributed by atoms with Crippen LogP contribution in [0.3, 0.4) is 0 Å². The maximum Gasteiger partial charge on any atom is 0.268 e. The minimum absolute atomic E-state index is 0.156. The monoisotopic (exact) mass is 309 g/mol. The van der Waals surface area contributed by atoms with Gasteiger partial charge in [-0.15, -0.1) is 11.3 Å². The van der Waals surface area contributed by atoms with E-state index in [9.17, 15) is 9.90 Å². The molecule has 2 aromatic heterocycles. The van der Waals surface area contributed by atoms with Gasteiger partial charge in [-0.1, -0.05) is 0 Å². The second-order valence-electron chi connectivity index (χ2n) is 4.80. The number of methoxy groups -OCH3 is 1. The number of aryl methyl sites for hydroxylation is 2. The van der Waals surface area contributed by atoms with Crippen molar-refractivity contribution in [1.82, 2.24) is 14.9 Å². The van der Waals surface area contributed by atoms with Gasteiger partial charge in [-0.2, -0.15) is 0 Å². The fourth-order valence-electron chi connectivity index (χ4n) is 1.98. The number of nitrogens with zero attached hydrogens (tertiary/aromatic N) is 2. The summed E-state index contributed by atoms with van der Waals surface area (Å²) in [5.74, 6) is -0.231. The van der Waals surface area contributed by atoms with Crippen LogP contribution in [0, 0.1) is 6.92 Å². The molecule has 0 aliphatic rings. The number of aromatic nitrogens is 2. The second kappa shape index (κ2) is 6.84. The zero-order valence-electron chi connectivity index (χ0n) is 12.3. The number of nitrogens with one attached hydrogen (secondary N) is 1. The molecule has 2 rings (SSSR count). The van der Waals surface area contributed by atoms with Gasteiger partial charge >= 0.3 is 0 Å². The second-order valence-corrected chi connectivity index (χ2v) is 5.86. The number of hydrogen-bond donors (Lipinski definition) is 2. The van der Waals surface area contributed by atoms with E-state index in [4.69, 9.17) is 4.74 Å². The quantitative estimate of drug-likeness (QED) is 0.840. The summed E-state index contributed by atoms with van der Waals surface area (Å²) in [5.41, 5.74) is 2.30. The molecule has 6 nitrogen and oxygen atoms in total. The van der Waals surface area contributed by atoms with E-state index in [-0.39, 0.29) is 19.1 Å². The van der Waals surface area contributed by atoms with E-state index in [0.717, 1.165) is 16.3 Å². The van der Waals surface area contributed by atoms with E-state index in [1.165, 1.54) is 7.11 Å². The van der Waals surface area contributed by atoms with Crippen LogP contribution in [0.5, 0.6) is 0 Å². The normalized spacial score (nSPS) is 12.4. The molecule has 0 aliphatic carbocycles. The Kier molecular flexibility index (Phi) is 5.11. The summed E-state index contributed by atoms with van der Waals surface area (Å²) in [5, 5.41) is 15.2. The van der Waals surface area contributed by atoms with Crippen LogP contribution in [-0.4, -0.2) is 46.9 Å². The van der Waals surface area contributed by atoms with E-state index in [1.54, 1.807) is 22.0 Å². The Labute approximate surface area is 127 Å². The Morgan fingerprint density at radius 1 is 1.62 bits per heavy atom. The standard InChI is InChI=1S/C14H19N3O3S/c1-9-16-12(8-21-9)10-4-13(17(2)6-10)14(19)15-5-11(18)7-20-3/h4,6,8,11,18H,5,7H2,1-3H3,(H,15,19). The van der Waals surface area contributed by atoms with Crippen LogP contribution >= 0.6 is 11.3 Å². The van der Waals surface area contributed by atoms with Crippen molar-refractivity contribution in [2.75, 3.05) is 20.3 Å². The van der Waals surface area contributed by atoms with Crippen molar-refractivity contribution in [3.05, 3.63) is 28.3 Å². The summed E-state index contributed by atoms with van der Waals surface area (Å²) in [4.78, 5) is 16.5. The van der Waals surface area contributed by atoms with Crippen LogP contribution in [0.1, 0.15) is 15.5 Å². The number of thiazole rings is 1. The Balaban J connectivity index is 2.06. The molecule has 0 fully saturated rings. The van der Waals surface area contributed by atoms with E-state index in [0.29, 0.717) is 5.69 Å². The number of rotatable bonds is 6. The fraction of sp³-hybridized carbons (Fsp3) is 0.429. The first-order valence-corrected chi connectivity index (χ1v) is 7.43. The van der Waals surface area contributed by atoms with Crippen molar-refractivity contribution in [3.63, 3.8) is 0 Å². The maximum absolute atomic E-state index is 12.1. The van der Waals surface area contributed by atoms with Gasteiger partial charge in [0.15, 0.2) is 0 Å². The highest BCUT2D eigenvalue weighted by molar-refractivity contribution is 7.09. The smallest absolute Gasteiger partial charge is 0.268 e. The third-order valence-corrected chi connectivity index (χ3v) is 3.78. The largest absolute Gasteiger partial charge is 0.389 e. The first kappa shape index (κ1) is 15.7. The Bertz CT molecular complexity index is 621. The maximum atomic E-state index is 12.1. The molecule has 0 aliphatic heterocycles. The van der Waals surface area contributed by atoms with Gasteiger partial charge in [0, 0.05) is 37.8 Å². The average molecular weight is 309 g/mol. The lowest BCUT2D eigenvalue weighted by Gasteiger charge is -2.10. The van der Waals surface area contributed by atoms with Crippen LogP contribution in [0.25, 0.3) is 11.3 Å². The van der Waals surface area contributed by atoms with Gasteiger partial charge in [0.1, 0.15) is 5.69 Å². The molecule has 1 amide bonds. The zero-order valence-corrected chi connectivity index (χ0v) is 13.1. The van der Waals surface area contributed by atoms with Crippen molar-refractivity contribution < 1.29 is 14.6 Å². The highest BCUT2D eigenvalue weighted by Gasteiger charge is 2.15. The molecule has 1 atom stereocenters. The average Bonchev–Trinajstić information content (AvgIpc) is 3.02. The molecular formula is C14H19N3O3S. The van der Waals surface area contributed by atoms with Gasteiger partial charge in [0.05, 0.1) is 23.4 Å². The molecule has 1 unspecified atom stereocenters. The molecule has 0 saturated carbocycles. The summed E-state index contributed by atoms with van der Waals surface area (Å²) >= 11 is 1.57. The first-order valence-electron chi connectivity index (χ1n) is 6.55. The molecule has 2 N–H and O–H groups in total. The summed E-state index contributed by atoms with van der Waals surface area (Å²) in [6.45, 7) is 2.29. The highest BCUT2D eigenvalue weighted by atomic mass is 32.1. The van der Waals surface area contributed by atoms with Crippen LogP contribution in [0.4, 0.5) is 0 Å². The molecule has 21 heavy (non-hydrogen) atoms. The Morgan fingerprint density at radius 3 is 3.00 bits per heavy atom. The number of amides is 1. The molecule has 0 bridgehead atoms. The van der Waals surface area contributed by atoms with Gasteiger partial charge < -0.3 is 19.7 Å². The molecular weight excluding hydrogens is 290 g/mol. The zero-order chi connectivity index (χ0) is 15.4. The minimum Gasteiger partial charge on any atom is -0.389 e. The number of aliphatic hydroxyl groups excluding tert-OH is 1. The van der Waals surface area contributed by atoms with Crippen molar-refractivity contribution in [2.24, 2.45) is 7.05 Å². The van der Waals surface area contributed by atoms with Gasteiger partial charge in [-0.3, -0.25) is 4.79 Å². The molecule has 0 radical (unpaired) electrons. The van der Waals surface area contributed by atoms with Crippen molar-refractivity contribution in [1.29, 1.82) is 0 Å². The fourth-order valence-corrected chi connectivity index (χ4v) is 2.60. The van der Waals surface area contributed by atoms with E-state index in [2.05, 4.69) is 10.3 Å². The third-order valence-electron chi connectivity index (χ3n) is 3.01. The first-order chi connectivity index (χ1) is 10.0. The lowest BCUT2D eigenvalue weighted by atomic mass is 10.2. The SMILES string of the molecule is COCC(O)CNC(=O)c1cc(-c2csc(C)n2)cn1C. The molecule has 2 heterocycles. The van der Waals surface area contributed by atoms with Crippen LogP contribution in [0.2, 0.25) is 0 Å². The van der Waals surface area contributed by atoms with Crippen molar-refractivity contribution >= 4 is 17.2 Å². The molecule has 0 saturated heterocycles. The van der Waals surface area contributed by atoms with Gasteiger partial charge in [0.25, 0.3) is 5.91 Å². The van der Waals surface area contributed by atoms with Crippen LogP contribution in [0.15, 0.2) is 17.6 Å². The molecule has 0 aromatic carbocycles. The van der Waals surface area contributed by atoms with Crippen molar-refractivity contribution in [3.8, 4) is 11.3 Å². The molecule has 2 aromatic rings.